The second kappa shape index (κ2) is 6.79. The number of nitrogens with one attached hydrogen (secondary N) is 1. The van der Waals surface area contributed by atoms with Crippen molar-refractivity contribution < 1.29 is 4.79 Å². The maximum atomic E-state index is 12.4. The molecule has 22 heavy (non-hydrogen) atoms. The van der Waals surface area contributed by atoms with Crippen molar-refractivity contribution in [2.24, 2.45) is 0 Å². The van der Waals surface area contributed by atoms with Crippen LogP contribution < -0.4 is 11.1 Å². The highest BCUT2D eigenvalue weighted by Gasteiger charge is 2.23. The molecule has 0 aromatic carbocycles. The molecule has 2 aromatic heterocycles. The van der Waals surface area contributed by atoms with Crippen LogP contribution in [-0.4, -0.2) is 20.7 Å². The Bertz CT molecular complexity index is 643. The molecule has 0 saturated carbocycles. The third kappa shape index (κ3) is 3.76. The zero-order valence-electron chi connectivity index (χ0n) is 13.3. The van der Waals surface area contributed by atoms with E-state index in [4.69, 9.17) is 5.73 Å². The number of carbonyl (C=O) groups excluding carboxylic acids is 1. The van der Waals surface area contributed by atoms with Gasteiger partial charge in [-0.2, -0.15) is 5.10 Å². The van der Waals surface area contributed by atoms with E-state index >= 15 is 0 Å². The average Bonchev–Trinajstić information content (AvgIpc) is 2.85. The molecule has 0 bridgehead atoms. The molecular weight excluding hydrogens is 302 g/mol. The van der Waals surface area contributed by atoms with Crippen molar-refractivity contribution in [2.75, 3.05) is 11.1 Å². The van der Waals surface area contributed by atoms with E-state index in [1.54, 1.807) is 18.3 Å². The summed E-state index contributed by atoms with van der Waals surface area (Å²) in [5, 5.41) is 7.17. The lowest BCUT2D eigenvalue weighted by molar-refractivity contribution is 0.102. The van der Waals surface area contributed by atoms with Crippen LogP contribution in [0.3, 0.4) is 0 Å². The second-order valence-corrected chi connectivity index (χ2v) is 5.87. The zero-order valence-corrected chi connectivity index (χ0v) is 14.1. The van der Waals surface area contributed by atoms with Gasteiger partial charge < -0.3 is 11.1 Å². The number of nitrogens with two attached hydrogens (primary N) is 1. The minimum absolute atomic E-state index is 0. The van der Waals surface area contributed by atoms with Crippen molar-refractivity contribution in [3.05, 3.63) is 35.8 Å². The van der Waals surface area contributed by atoms with Crippen molar-refractivity contribution in [1.82, 2.24) is 14.8 Å². The molecule has 0 fully saturated rings. The Morgan fingerprint density at radius 1 is 1.32 bits per heavy atom. The molecule has 0 unspecified atom stereocenters. The molecule has 2 aromatic rings. The Hall–Kier alpha value is -2.08. The van der Waals surface area contributed by atoms with E-state index in [1.807, 2.05) is 11.6 Å². The first-order valence-corrected chi connectivity index (χ1v) is 6.93. The SMILES string of the molecule is CCc1c(C(=O)Nc2ccc(N)nc2)cnn1C(C)(C)C.Cl. The van der Waals surface area contributed by atoms with Gasteiger partial charge in [-0.15, -0.1) is 12.4 Å². The second-order valence-electron chi connectivity index (χ2n) is 5.87. The fourth-order valence-electron chi connectivity index (χ4n) is 2.16. The summed E-state index contributed by atoms with van der Waals surface area (Å²) in [4.78, 5) is 16.4. The van der Waals surface area contributed by atoms with Crippen LogP contribution in [0.25, 0.3) is 0 Å². The maximum Gasteiger partial charge on any atom is 0.259 e. The number of carbonyl (C=O) groups is 1. The van der Waals surface area contributed by atoms with Crippen LogP contribution in [0.5, 0.6) is 0 Å². The van der Waals surface area contributed by atoms with Crippen LogP contribution in [0.15, 0.2) is 24.5 Å². The molecule has 0 saturated heterocycles. The number of hydrogen-bond acceptors (Lipinski definition) is 4. The smallest absolute Gasteiger partial charge is 0.259 e. The average molecular weight is 324 g/mol. The molecule has 0 aliphatic heterocycles. The number of hydrogen-bond donors (Lipinski definition) is 2. The first kappa shape index (κ1) is 18.0. The third-order valence-electron chi connectivity index (χ3n) is 3.13. The van der Waals surface area contributed by atoms with Gasteiger partial charge in [0.25, 0.3) is 5.91 Å². The van der Waals surface area contributed by atoms with Gasteiger partial charge in [0.05, 0.1) is 34.9 Å². The molecule has 0 spiro atoms. The fraction of sp³-hybridized carbons (Fsp3) is 0.400. The predicted molar refractivity (Wildman–Crippen MR) is 90.5 cm³/mol. The summed E-state index contributed by atoms with van der Waals surface area (Å²) in [5.41, 5.74) is 7.49. The number of halogens is 1. The molecule has 2 rings (SSSR count). The third-order valence-corrected chi connectivity index (χ3v) is 3.13. The van der Waals surface area contributed by atoms with Crippen molar-refractivity contribution in [3.63, 3.8) is 0 Å². The molecule has 0 aliphatic rings. The van der Waals surface area contributed by atoms with Crippen molar-refractivity contribution in [2.45, 2.75) is 39.7 Å². The van der Waals surface area contributed by atoms with Gasteiger partial charge in [-0.3, -0.25) is 9.48 Å². The van der Waals surface area contributed by atoms with Crippen LogP contribution in [0.1, 0.15) is 43.7 Å². The number of pyridine rings is 1. The molecule has 3 N–H and O–H groups in total. The van der Waals surface area contributed by atoms with Crippen molar-refractivity contribution >= 4 is 29.8 Å². The summed E-state index contributed by atoms with van der Waals surface area (Å²) >= 11 is 0. The van der Waals surface area contributed by atoms with Gasteiger partial charge in [-0.05, 0) is 39.3 Å². The summed E-state index contributed by atoms with van der Waals surface area (Å²) in [6, 6.07) is 3.37. The molecule has 2 heterocycles. The van der Waals surface area contributed by atoms with E-state index in [-0.39, 0.29) is 23.9 Å². The highest BCUT2D eigenvalue weighted by molar-refractivity contribution is 6.04. The molecule has 0 aliphatic carbocycles. The summed E-state index contributed by atoms with van der Waals surface area (Å²) in [5.74, 6) is 0.233. The van der Waals surface area contributed by atoms with Gasteiger partial charge in [-0.1, -0.05) is 6.92 Å². The van der Waals surface area contributed by atoms with Crippen LogP contribution in [0.4, 0.5) is 11.5 Å². The van der Waals surface area contributed by atoms with Crippen molar-refractivity contribution in [1.29, 1.82) is 0 Å². The molecule has 120 valence electrons. The van der Waals surface area contributed by atoms with Gasteiger partial charge in [-0.25, -0.2) is 4.98 Å². The number of amides is 1. The molecule has 0 atom stereocenters. The number of nitrogens with zero attached hydrogens (tertiary/aromatic N) is 3. The maximum absolute atomic E-state index is 12.4. The number of rotatable bonds is 3. The Balaban J connectivity index is 0.00000242. The zero-order chi connectivity index (χ0) is 15.6. The normalized spacial score (nSPS) is 10.9. The van der Waals surface area contributed by atoms with Gasteiger partial charge in [0, 0.05) is 0 Å². The number of nitrogen functional groups attached to an aromatic ring is 1. The largest absolute Gasteiger partial charge is 0.384 e. The Morgan fingerprint density at radius 3 is 2.50 bits per heavy atom. The van der Waals surface area contributed by atoms with Crippen LogP contribution >= 0.6 is 12.4 Å². The minimum atomic E-state index is -0.186. The summed E-state index contributed by atoms with van der Waals surface area (Å²) < 4.78 is 1.89. The van der Waals surface area contributed by atoms with E-state index in [0.29, 0.717) is 17.1 Å². The standard InChI is InChI=1S/C15H21N5O.ClH/c1-5-12-11(9-18-20(12)15(2,3)4)14(21)19-10-6-7-13(16)17-8-10;/h6-9H,5H2,1-4H3,(H2,16,17)(H,19,21);1H. The first-order valence-electron chi connectivity index (χ1n) is 6.93. The molecule has 7 heteroatoms. The van der Waals surface area contributed by atoms with Crippen LogP contribution in [0, 0.1) is 0 Å². The lowest BCUT2D eigenvalue weighted by Crippen LogP contribution is -2.26. The lowest BCUT2D eigenvalue weighted by Gasteiger charge is -2.22. The minimum Gasteiger partial charge on any atom is -0.384 e. The van der Waals surface area contributed by atoms with Gasteiger partial charge in [0.15, 0.2) is 0 Å². The van der Waals surface area contributed by atoms with Crippen LogP contribution in [0.2, 0.25) is 0 Å². The van der Waals surface area contributed by atoms with Gasteiger partial charge in [0.2, 0.25) is 0 Å². The fourth-order valence-corrected chi connectivity index (χ4v) is 2.16. The van der Waals surface area contributed by atoms with E-state index in [2.05, 4.69) is 36.2 Å². The topological polar surface area (TPSA) is 85.8 Å². The molecule has 1 amide bonds. The highest BCUT2D eigenvalue weighted by Crippen LogP contribution is 2.20. The predicted octanol–water partition coefficient (Wildman–Crippen LogP) is 2.85. The number of anilines is 2. The first-order chi connectivity index (χ1) is 9.82. The van der Waals surface area contributed by atoms with E-state index in [9.17, 15) is 4.79 Å². The molecule has 6 nitrogen and oxygen atoms in total. The quantitative estimate of drug-likeness (QED) is 0.909. The monoisotopic (exact) mass is 323 g/mol. The number of aromatic nitrogens is 3. The highest BCUT2D eigenvalue weighted by atomic mass is 35.5. The Kier molecular flexibility index (Phi) is 5.54. The van der Waals surface area contributed by atoms with Gasteiger partial charge in [0.1, 0.15) is 5.82 Å². The Morgan fingerprint density at radius 2 is 2.00 bits per heavy atom. The van der Waals surface area contributed by atoms with E-state index < -0.39 is 0 Å². The lowest BCUT2D eigenvalue weighted by atomic mass is 10.1. The molecular formula is C15H22ClN5O. The van der Waals surface area contributed by atoms with Crippen LogP contribution in [-0.2, 0) is 12.0 Å². The molecule has 0 radical (unpaired) electrons. The Labute approximate surface area is 136 Å². The van der Waals surface area contributed by atoms with E-state index in [0.717, 1.165) is 12.1 Å². The summed E-state index contributed by atoms with van der Waals surface area (Å²) in [7, 11) is 0. The van der Waals surface area contributed by atoms with E-state index in [1.165, 1.54) is 6.20 Å². The van der Waals surface area contributed by atoms with Crippen molar-refractivity contribution in [3.8, 4) is 0 Å². The summed E-state index contributed by atoms with van der Waals surface area (Å²) in [6.45, 7) is 8.20. The van der Waals surface area contributed by atoms with Gasteiger partial charge >= 0.3 is 0 Å². The summed E-state index contributed by atoms with van der Waals surface area (Å²) in [6.07, 6.45) is 3.89.